The molecule has 20 heteroatoms. The fourth-order valence-corrected chi connectivity index (χ4v) is 6.38. The topological polar surface area (TPSA) is 229 Å². The van der Waals surface area contributed by atoms with Crippen molar-refractivity contribution in [2.75, 3.05) is 0 Å². The number of halogens is 3. The van der Waals surface area contributed by atoms with Crippen molar-refractivity contribution in [3.05, 3.63) is 95.6 Å². The first kappa shape index (κ1) is 39.8. The van der Waals surface area contributed by atoms with Gasteiger partial charge >= 0.3 is 75.6 Å². The molecule has 285 valence electrons. The molecule has 2 aliphatic heterocycles. The molecule has 0 saturated heterocycles. The molecule has 14 nitrogen and oxygen atoms in total. The van der Waals surface area contributed by atoms with Gasteiger partial charge < -0.3 is 39.7 Å². The van der Waals surface area contributed by atoms with Crippen molar-refractivity contribution in [1.82, 2.24) is 39.9 Å². The molecule has 0 radical (unpaired) electrons. The Kier molecular flexibility index (Phi) is 12.2. The number of fused-ring (bicyclic) bond motifs is 20. The number of carboxylic acid groups (broad SMARTS) is 3. The molecule has 5 heterocycles. The Bertz CT molecular complexity index is 2870. The molecule has 0 unspecified atom stereocenters. The average molecular weight is 941 g/mol. The number of nitrogens with one attached hydrogen (secondary N) is 2. The number of carbonyl (C=O) groups excluding carboxylic acids is 3. The van der Waals surface area contributed by atoms with E-state index in [-0.39, 0.29) is 39.5 Å². The Labute approximate surface area is 345 Å². The molecule has 55 heavy (non-hydrogen) atoms. The van der Waals surface area contributed by atoms with Crippen LogP contribution in [0.3, 0.4) is 0 Å². The van der Waals surface area contributed by atoms with Crippen molar-refractivity contribution < 1.29 is 75.0 Å². The van der Waals surface area contributed by atoms with Crippen molar-refractivity contribution in [1.29, 1.82) is 0 Å². The molecular formula is C35H15Cl3Cu3N8O6. The van der Waals surface area contributed by atoms with Crippen molar-refractivity contribution in [3.8, 4) is 45.6 Å². The summed E-state index contributed by atoms with van der Waals surface area (Å²) in [5.41, 5.74) is 0.0181. The van der Waals surface area contributed by atoms with Crippen molar-refractivity contribution in [2.24, 2.45) is 0 Å². The number of hydrogen-bond acceptors (Lipinski definition) is 12. The van der Waals surface area contributed by atoms with E-state index in [0.717, 1.165) is 16.8 Å². The Morgan fingerprint density at radius 1 is 0.455 bits per heavy atom. The molecule has 2 aliphatic rings. The van der Waals surface area contributed by atoms with E-state index >= 15 is 0 Å². The van der Waals surface area contributed by atoms with E-state index in [2.05, 4.69) is 90.5 Å². The van der Waals surface area contributed by atoms with Crippen LogP contribution < -0.4 is 15.3 Å². The first-order chi connectivity index (χ1) is 26.8. The van der Waals surface area contributed by atoms with Crippen LogP contribution in [0, 0.1) is 0 Å². The second kappa shape index (κ2) is 16.8. The van der Waals surface area contributed by atoms with Gasteiger partial charge in [0.2, 0.25) is 0 Å². The zero-order chi connectivity index (χ0) is 39.6. The summed E-state index contributed by atoms with van der Waals surface area (Å²) in [6, 6.07) is 22.8. The van der Waals surface area contributed by atoms with Crippen LogP contribution in [0.25, 0.3) is 89.7 Å². The van der Waals surface area contributed by atoms with Gasteiger partial charge in [-0.15, -0.1) is 0 Å². The maximum atomic E-state index is 12.6. The summed E-state index contributed by atoms with van der Waals surface area (Å²) >= 11 is 11.0. The number of carboxylic acids is 3. The molecule has 2 N–H and O–H groups in total. The van der Waals surface area contributed by atoms with Crippen LogP contribution in [0.1, 0.15) is 31.1 Å². The SMILES string of the molecule is O=C([O-])c1cc2c3nc4nc(nc5[nH]c(nc6nc(nc([nH]3)c2c(C(=O)[O-])c1C(=O)[O-])-c1ccccc1-6)c1ccccc51)-c1ccccc1-4.[Cl][Cu+].[Cl][Cu+].[Cl][Cu+]. The van der Waals surface area contributed by atoms with Gasteiger partial charge in [0.1, 0.15) is 22.6 Å². The van der Waals surface area contributed by atoms with Gasteiger partial charge in [-0.3, -0.25) is 0 Å². The van der Waals surface area contributed by atoms with Crippen LogP contribution in [-0.4, -0.2) is 57.8 Å². The number of carbonyl (C=O) groups is 3. The zero-order valence-corrected chi connectivity index (χ0v) is 31.8. The molecule has 0 amide bonds. The molecule has 8 bridgehead atoms. The number of nitrogens with zero attached hydrogens (tertiary/aromatic N) is 6. The average Bonchev–Trinajstić information content (AvgIpc) is 3.95. The third kappa shape index (κ3) is 7.07. The minimum atomic E-state index is -2.06. The molecule has 0 atom stereocenters. The van der Waals surface area contributed by atoms with Gasteiger partial charge in [-0.1, -0.05) is 72.8 Å². The van der Waals surface area contributed by atoms with Crippen LogP contribution in [0.4, 0.5) is 0 Å². The van der Waals surface area contributed by atoms with E-state index in [0.29, 0.717) is 39.4 Å². The number of aromatic nitrogens is 8. The summed E-state index contributed by atoms with van der Waals surface area (Å²) in [5.74, 6) is -5.12. The van der Waals surface area contributed by atoms with Crippen LogP contribution in [0.15, 0.2) is 78.9 Å². The first-order valence-corrected chi connectivity index (χ1v) is 18.9. The summed E-state index contributed by atoms with van der Waals surface area (Å²) in [7, 11) is 12.6. The van der Waals surface area contributed by atoms with Crippen molar-refractivity contribution in [3.63, 3.8) is 0 Å². The predicted octanol–water partition coefficient (Wildman–Crippen LogP) is 4.02. The Balaban J connectivity index is 0.000000819. The van der Waals surface area contributed by atoms with Crippen molar-refractivity contribution in [2.45, 2.75) is 0 Å². The standard InChI is InChI=1S/C35H18N8O6.3ClH.3Cu/c44-33(45)21-13-20-22(24(35(48)49)23(21)34(46)47)32-42-30-19-12-6-5-11-18(19)28(40-30)38-26-15-8-2-1-7-14(15)25(36-26)37-27-16-9-3-4-10-17(16)29(39-27)41-31(20)43-32;;;;;;/h1-13H,(H,44,45)(H,46,47)(H,48,49)(H2,36,37,38,39,40,41,42,43);3*1H;;;/q;;;;3*+2/p-6. The Morgan fingerprint density at radius 3 is 1.18 bits per heavy atom. The summed E-state index contributed by atoms with van der Waals surface area (Å²) in [6.07, 6.45) is 0. The predicted molar refractivity (Wildman–Crippen MR) is 187 cm³/mol. The van der Waals surface area contributed by atoms with Gasteiger partial charge in [0.15, 0.2) is 23.3 Å². The van der Waals surface area contributed by atoms with E-state index in [9.17, 15) is 29.7 Å². The molecule has 0 spiro atoms. The number of benzene rings is 4. The molecule has 0 saturated carbocycles. The molecule has 9 rings (SSSR count). The number of H-pyrrole nitrogens is 2. The quantitative estimate of drug-likeness (QED) is 0.240. The van der Waals surface area contributed by atoms with Crippen molar-refractivity contribution >= 4 is 92.3 Å². The fraction of sp³-hybridized carbons (Fsp3) is 0. The van der Waals surface area contributed by atoms with E-state index in [1.54, 1.807) is 36.4 Å². The third-order valence-corrected chi connectivity index (χ3v) is 8.47. The minimum absolute atomic E-state index is 0.0704. The molecule has 0 fully saturated rings. The Hall–Kier alpha value is -4.92. The number of aromatic carboxylic acids is 3. The van der Waals surface area contributed by atoms with Gasteiger partial charge in [-0.05, 0) is 6.07 Å². The summed E-state index contributed by atoms with van der Waals surface area (Å²) in [5, 5.41) is 38.2. The monoisotopic (exact) mass is 937 g/mol. The summed E-state index contributed by atoms with van der Waals surface area (Å²) < 4.78 is 0. The second-order valence-corrected chi connectivity index (χ2v) is 11.2. The molecule has 3 aromatic heterocycles. The van der Waals surface area contributed by atoms with Gasteiger partial charge in [-0.2, -0.15) is 0 Å². The van der Waals surface area contributed by atoms with Gasteiger partial charge in [0.05, 0.1) is 17.9 Å². The first-order valence-electron chi connectivity index (χ1n) is 15.1. The number of rotatable bonds is 3. The van der Waals surface area contributed by atoms with E-state index in [1.165, 1.54) is 0 Å². The number of aromatic amines is 2. The molecule has 0 aliphatic carbocycles. The Morgan fingerprint density at radius 2 is 0.800 bits per heavy atom. The van der Waals surface area contributed by atoms with Gasteiger partial charge in [0.25, 0.3) is 0 Å². The zero-order valence-electron chi connectivity index (χ0n) is 26.7. The van der Waals surface area contributed by atoms with Crippen LogP contribution >= 0.6 is 30.3 Å². The van der Waals surface area contributed by atoms with Crippen LogP contribution in [0.2, 0.25) is 0 Å². The van der Waals surface area contributed by atoms with Gasteiger partial charge in [0, 0.05) is 60.5 Å². The van der Waals surface area contributed by atoms with Crippen LogP contribution in [0.5, 0.6) is 0 Å². The maximum absolute atomic E-state index is 12.6. The van der Waals surface area contributed by atoms with E-state index in [4.69, 9.17) is 24.9 Å². The molecule has 4 aromatic carbocycles. The molecular weight excluding hydrogens is 925 g/mol. The fourth-order valence-electron chi connectivity index (χ4n) is 6.38. The van der Waals surface area contributed by atoms with Crippen LogP contribution in [-0.2, 0) is 45.3 Å². The third-order valence-electron chi connectivity index (χ3n) is 8.47. The number of hydrogen-bond donors (Lipinski definition) is 2. The summed E-state index contributed by atoms with van der Waals surface area (Å²) in [4.78, 5) is 71.8. The van der Waals surface area contributed by atoms with E-state index in [1.807, 2.05) is 36.4 Å². The second-order valence-electron chi connectivity index (χ2n) is 11.2. The van der Waals surface area contributed by atoms with E-state index < -0.39 is 34.6 Å². The summed E-state index contributed by atoms with van der Waals surface area (Å²) in [6.45, 7) is 0. The van der Waals surface area contributed by atoms with Gasteiger partial charge in [-0.25, -0.2) is 29.9 Å². The molecule has 7 aromatic rings. The normalized spacial score (nSPS) is 10.9.